The van der Waals surface area contributed by atoms with E-state index in [1.165, 1.54) is 9.13 Å². The van der Waals surface area contributed by atoms with Crippen LogP contribution in [0.1, 0.15) is 45.2 Å². The average molecular weight is 462 g/mol. The van der Waals surface area contributed by atoms with Gasteiger partial charge < -0.3 is 13.6 Å². The highest BCUT2D eigenvalue weighted by Gasteiger charge is 2.24. The molecule has 0 aliphatic rings. The van der Waals surface area contributed by atoms with Gasteiger partial charge in [0.15, 0.2) is 11.2 Å². The van der Waals surface area contributed by atoms with Crippen LogP contribution >= 0.6 is 7.60 Å². The Morgan fingerprint density at radius 3 is 2.44 bits per heavy atom. The van der Waals surface area contributed by atoms with E-state index in [9.17, 15) is 14.2 Å². The number of aromatic nitrogens is 4. The predicted octanol–water partition coefficient (Wildman–Crippen LogP) is 3.55. The van der Waals surface area contributed by atoms with E-state index >= 15 is 0 Å². The van der Waals surface area contributed by atoms with Gasteiger partial charge in [-0.25, -0.2) is 9.78 Å². The van der Waals surface area contributed by atoms with Gasteiger partial charge in [-0.3, -0.25) is 18.5 Å². The van der Waals surface area contributed by atoms with Crippen molar-refractivity contribution in [3.63, 3.8) is 0 Å². The zero-order chi connectivity index (χ0) is 23.3. The molecule has 0 saturated heterocycles. The standard InChI is InChI=1S/C22H31N4O5P/c1-5-18(13-14-31-32(29,7-3)30-6-2)26-21(27)19-20(24(4)22(26)28)23-16-25(19)15-17-11-9-8-10-12-17/h8-12,16,18H,5-7,13-15H2,1-4H3. The highest BCUT2D eigenvalue weighted by molar-refractivity contribution is 7.53. The monoisotopic (exact) mass is 462 g/mol. The lowest BCUT2D eigenvalue weighted by Crippen LogP contribution is -2.42. The largest absolute Gasteiger partial charge is 0.332 e. The van der Waals surface area contributed by atoms with Crippen molar-refractivity contribution in [1.82, 2.24) is 18.7 Å². The van der Waals surface area contributed by atoms with E-state index in [0.29, 0.717) is 37.2 Å². The van der Waals surface area contributed by atoms with E-state index in [1.54, 1.807) is 31.8 Å². The van der Waals surface area contributed by atoms with E-state index < -0.39 is 19.3 Å². The normalized spacial score (nSPS) is 14.5. The molecule has 0 fully saturated rings. The Morgan fingerprint density at radius 2 is 1.81 bits per heavy atom. The van der Waals surface area contributed by atoms with Crippen LogP contribution in [0.4, 0.5) is 0 Å². The Hall–Kier alpha value is -2.48. The van der Waals surface area contributed by atoms with Gasteiger partial charge in [-0.05, 0) is 25.3 Å². The van der Waals surface area contributed by atoms with Crippen molar-refractivity contribution in [2.75, 3.05) is 19.4 Å². The van der Waals surface area contributed by atoms with E-state index in [2.05, 4.69) is 4.98 Å². The van der Waals surface area contributed by atoms with Gasteiger partial charge in [-0.2, -0.15) is 0 Å². The lowest BCUT2D eigenvalue weighted by Gasteiger charge is -2.21. The molecule has 9 nitrogen and oxygen atoms in total. The Morgan fingerprint density at radius 1 is 1.09 bits per heavy atom. The number of nitrogens with zero attached hydrogens (tertiary/aromatic N) is 4. The molecule has 174 valence electrons. The summed E-state index contributed by atoms with van der Waals surface area (Å²) in [6.45, 7) is 6.31. The molecule has 0 amide bonds. The fourth-order valence-electron chi connectivity index (χ4n) is 3.77. The number of imidazole rings is 1. The Balaban J connectivity index is 1.96. The second-order valence-corrected chi connectivity index (χ2v) is 9.95. The molecule has 0 aliphatic heterocycles. The molecule has 0 bridgehead atoms. The maximum absolute atomic E-state index is 13.5. The number of hydrogen-bond acceptors (Lipinski definition) is 6. The minimum atomic E-state index is -3.15. The molecule has 0 spiro atoms. The SMILES string of the molecule is CCOP(=O)(CC)OCCC(CC)n1c(=O)c2c(ncn2Cc2ccccc2)n(C)c1=O. The molecular formula is C22H31N4O5P. The fourth-order valence-corrected chi connectivity index (χ4v) is 4.99. The topological polar surface area (TPSA) is 97.3 Å². The molecule has 2 heterocycles. The lowest BCUT2D eigenvalue weighted by molar-refractivity contribution is 0.198. The molecular weight excluding hydrogens is 431 g/mol. The van der Waals surface area contributed by atoms with Crippen molar-refractivity contribution in [2.45, 2.75) is 46.2 Å². The fraction of sp³-hybridized carbons (Fsp3) is 0.500. The summed E-state index contributed by atoms with van der Waals surface area (Å²) >= 11 is 0. The molecule has 2 unspecified atom stereocenters. The van der Waals surface area contributed by atoms with Crippen molar-refractivity contribution < 1.29 is 13.6 Å². The lowest BCUT2D eigenvalue weighted by atomic mass is 10.1. The summed E-state index contributed by atoms with van der Waals surface area (Å²) in [6, 6.07) is 9.35. The quantitative estimate of drug-likeness (QED) is 0.404. The van der Waals surface area contributed by atoms with Gasteiger partial charge >= 0.3 is 13.3 Å². The van der Waals surface area contributed by atoms with Crippen molar-refractivity contribution in [3.05, 3.63) is 63.1 Å². The van der Waals surface area contributed by atoms with Crippen molar-refractivity contribution in [2.24, 2.45) is 7.05 Å². The third-order valence-electron chi connectivity index (χ3n) is 5.53. The summed E-state index contributed by atoms with van der Waals surface area (Å²) in [5.74, 6) is 0. The van der Waals surface area contributed by atoms with Gasteiger partial charge in [0.25, 0.3) is 5.56 Å². The first-order valence-electron chi connectivity index (χ1n) is 10.9. The highest BCUT2D eigenvalue weighted by Crippen LogP contribution is 2.47. The van der Waals surface area contributed by atoms with Crippen LogP contribution in [-0.4, -0.2) is 38.1 Å². The van der Waals surface area contributed by atoms with Gasteiger partial charge in [0.1, 0.15) is 0 Å². The van der Waals surface area contributed by atoms with Crippen molar-refractivity contribution in [3.8, 4) is 0 Å². The summed E-state index contributed by atoms with van der Waals surface area (Å²) in [7, 11) is -1.54. The summed E-state index contributed by atoms with van der Waals surface area (Å²) in [6.07, 6.45) is 2.76. The summed E-state index contributed by atoms with van der Waals surface area (Å²) in [5, 5.41) is 0. The first-order valence-corrected chi connectivity index (χ1v) is 12.7. The third kappa shape index (κ3) is 4.95. The van der Waals surface area contributed by atoms with Crippen LogP contribution in [0.5, 0.6) is 0 Å². The molecule has 3 rings (SSSR count). The zero-order valence-corrected chi connectivity index (χ0v) is 20.0. The summed E-state index contributed by atoms with van der Waals surface area (Å²) in [4.78, 5) is 30.8. The molecule has 1 aromatic carbocycles. The van der Waals surface area contributed by atoms with Gasteiger partial charge in [0.05, 0.1) is 19.5 Å². The summed E-state index contributed by atoms with van der Waals surface area (Å²) in [5.41, 5.74) is 0.946. The Bertz CT molecular complexity index is 1210. The molecule has 10 heteroatoms. The second kappa shape index (κ2) is 10.4. The number of rotatable bonds is 11. The first kappa shape index (κ1) is 24.2. The van der Waals surface area contributed by atoms with Crippen LogP contribution in [0.25, 0.3) is 11.2 Å². The van der Waals surface area contributed by atoms with Crippen LogP contribution in [0.2, 0.25) is 0 Å². The Labute approximate surface area is 187 Å². The number of aryl methyl sites for hydroxylation is 1. The van der Waals surface area contributed by atoms with Crippen LogP contribution in [0.15, 0.2) is 46.2 Å². The minimum absolute atomic E-state index is 0.126. The number of hydrogen-bond donors (Lipinski definition) is 0. The summed E-state index contributed by atoms with van der Waals surface area (Å²) < 4.78 is 27.8. The van der Waals surface area contributed by atoms with Gasteiger partial charge in [0, 0.05) is 25.8 Å². The molecule has 2 atom stereocenters. The van der Waals surface area contributed by atoms with Crippen molar-refractivity contribution >= 4 is 18.8 Å². The average Bonchev–Trinajstić information content (AvgIpc) is 3.21. The second-order valence-electron chi connectivity index (χ2n) is 7.58. The maximum Gasteiger partial charge on any atom is 0.332 e. The van der Waals surface area contributed by atoms with E-state index in [0.717, 1.165) is 5.56 Å². The van der Waals surface area contributed by atoms with Gasteiger partial charge in [0.2, 0.25) is 0 Å². The van der Waals surface area contributed by atoms with Crippen LogP contribution in [-0.2, 0) is 27.2 Å². The third-order valence-corrected chi connectivity index (χ3v) is 7.54. The first-order chi connectivity index (χ1) is 15.3. The van der Waals surface area contributed by atoms with E-state index in [4.69, 9.17) is 9.05 Å². The molecule has 3 aromatic rings. The number of fused-ring (bicyclic) bond motifs is 1. The van der Waals surface area contributed by atoms with E-state index in [-0.39, 0.29) is 18.3 Å². The Kier molecular flexibility index (Phi) is 7.87. The molecule has 0 saturated carbocycles. The van der Waals surface area contributed by atoms with Gasteiger partial charge in [-0.1, -0.05) is 44.2 Å². The molecule has 32 heavy (non-hydrogen) atoms. The maximum atomic E-state index is 13.5. The smallest absolute Gasteiger partial charge is 0.320 e. The van der Waals surface area contributed by atoms with Gasteiger partial charge in [-0.15, -0.1) is 0 Å². The predicted molar refractivity (Wildman–Crippen MR) is 124 cm³/mol. The van der Waals surface area contributed by atoms with Crippen LogP contribution < -0.4 is 11.2 Å². The highest BCUT2D eigenvalue weighted by atomic mass is 31.2. The molecule has 2 aromatic heterocycles. The molecule has 0 radical (unpaired) electrons. The number of benzene rings is 1. The minimum Gasteiger partial charge on any atom is -0.320 e. The van der Waals surface area contributed by atoms with Crippen LogP contribution in [0.3, 0.4) is 0 Å². The van der Waals surface area contributed by atoms with Crippen LogP contribution in [0, 0.1) is 0 Å². The molecule has 0 N–H and O–H groups in total. The van der Waals surface area contributed by atoms with Crippen molar-refractivity contribution in [1.29, 1.82) is 0 Å². The molecule has 0 aliphatic carbocycles. The van der Waals surface area contributed by atoms with E-state index in [1.807, 2.05) is 37.3 Å². The zero-order valence-electron chi connectivity index (χ0n) is 19.1.